The van der Waals surface area contributed by atoms with E-state index in [0.29, 0.717) is 17.8 Å². The highest BCUT2D eigenvalue weighted by Gasteiger charge is 2.22. The zero-order chi connectivity index (χ0) is 35.8. The highest BCUT2D eigenvalue weighted by atomic mass is 19.2. The van der Waals surface area contributed by atoms with E-state index in [-0.39, 0.29) is 34.6 Å². The lowest BCUT2D eigenvalue weighted by molar-refractivity contribution is 0.462. The van der Waals surface area contributed by atoms with Crippen molar-refractivity contribution in [3.8, 4) is 5.69 Å². The number of nitrogens with one attached hydrogen (secondary N) is 2. The number of halogens is 2. The van der Waals surface area contributed by atoms with Gasteiger partial charge in [-0.25, -0.2) is 13.6 Å². The van der Waals surface area contributed by atoms with Crippen LogP contribution in [-0.2, 0) is 17.3 Å². The van der Waals surface area contributed by atoms with Gasteiger partial charge in [-0.2, -0.15) is 4.98 Å². The third-order valence-corrected chi connectivity index (χ3v) is 8.09. The average molecular weight is 665 g/mol. The van der Waals surface area contributed by atoms with Crippen molar-refractivity contribution in [3.63, 3.8) is 0 Å². The topological polar surface area (TPSA) is 153 Å². The molecule has 2 atom stereocenters. The molecule has 9 nitrogen and oxygen atoms in total. The van der Waals surface area contributed by atoms with Crippen molar-refractivity contribution in [3.05, 3.63) is 93.2 Å². The molecule has 2 heterocycles. The van der Waals surface area contributed by atoms with Crippen LogP contribution in [0.25, 0.3) is 16.7 Å². The highest BCUT2D eigenvalue weighted by Crippen LogP contribution is 2.28. The lowest BCUT2D eigenvalue weighted by Gasteiger charge is -2.21. The summed E-state index contributed by atoms with van der Waals surface area (Å²) in [6.45, 7) is 17.5. The molecule has 48 heavy (non-hydrogen) atoms. The molecule has 2 aromatic carbocycles. The second-order valence-electron chi connectivity index (χ2n) is 14.6. The minimum absolute atomic E-state index is 0.0390. The zero-order valence-electron chi connectivity index (χ0n) is 29.8. The lowest BCUT2D eigenvalue weighted by atomic mass is 9.85. The van der Waals surface area contributed by atoms with Crippen LogP contribution in [0.4, 0.5) is 8.78 Å². The van der Waals surface area contributed by atoms with Gasteiger partial charge in [0.1, 0.15) is 5.65 Å². The first-order valence-corrected chi connectivity index (χ1v) is 16.6. The molecule has 11 heteroatoms. The number of aliphatic imine (C=N–C) groups is 1. The molecular weight excluding hydrogens is 610 g/mol. The highest BCUT2D eigenvalue weighted by molar-refractivity contribution is 5.76. The Morgan fingerprint density at radius 2 is 1.67 bits per heavy atom. The molecule has 0 aliphatic rings. The Balaban J connectivity index is 0.000000297. The summed E-state index contributed by atoms with van der Waals surface area (Å²) in [7, 11) is 0. The van der Waals surface area contributed by atoms with Crippen molar-refractivity contribution in [2.75, 3.05) is 13.1 Å². The molecule has 0 saturated carbocycles. The van der Waals surface area contributed by atoms with E-state index in [9.17, 15) is 13.6 Å². The Morgan fingerprint density at radius 3 is 2.25 bits per heavy atom. The Kier molecular flexibility index (Phi) is 13.1. The van der Waals surface area contributed by atoms with E-state index < -0.39 is 11.6 Å². The molecule has 0 aliphatic heterocycles. The van der Waals surface area contributed by atoms with E-state index in [0.717, 1.165) is 60.1 Å². The first-order chi connectivity index (χ1) is 22.4. The zero-order valence-corrected chi connectivity index (χ0v) is 29.8. The minimum Gasteiger partial charge on any atom is -0.370 e. The van der Waals surface area contributed by atoms with Crippen LogP contribution in [0.1, 0.15) is 103 Å². The molecule has 0 fully saturated rings. The summed E-state index contributed by atoms with van der Waals surface area (Å²) in [5.41, 5.74) is 20.5. The number of aromatic nitrogens is 3. The smallest absolute Gasteiger partial charge is 0.354 e. The molecule has 4 aromatic rings. The number of fused-ring (bicyclic) bond motifs is 1. The van der Waals surface area contributed by atoms with Crippen LogP contribution in [-0.4, -0.2) is 39.6 Å². The Labute approximate surface area is 283 Å². The summed E-state index contributed by atoms with van der Waals surface area (Å²) >= 11 is 0. The van der Waals surface area contributed by atoms with Gasteiger partial charge in [-0.15, -0.1) is 0 Å². The fourth-order valence-corrected chi connectivity index (χ4v) is 5.19. The summed E-state index contributed by atoms with van der Waals surface area (Å²) in [4.78, 5) is 24.0. The van der Waals surface area contributed by atoms with Crippen molar-refractivity contribution in [2.45, 2.75) is 104 Å². The first-order valence-electron chi connectivity index (χ1n) is 16.6. The summed E-state index contributed by atoms with van der Waals surface area (Å²) in [6.07, 6.45) is 5.23. The maximum Gasteiger partial charge on any atom is 0.354 e. The number of rotatable bonds is 11. The number of aromatic amines is 1. The fourth-order valence-electron chi connectivity index (χ4n) is 5.19. The van der Waals surface area contributed by atoms with Crippen LogP contribution in [0.2, 0.25) is 0 Å². The molecular formula is C37H54F2N8O. The van der Waals surface area contributed by atoms with Gasteiger partial charge in [-0.1, -0.05) is 59.7 Å². The van der Waals surface area contributed by atoms with Crippen molar-refractivity contribution < 1.29 is 8.78 Å². The SMILES string of the molecule is C[C@H](N)CCCc1cc(F)c(F)c(C(C)(C)C)c1.C[C@H](NCCCN=C(N)N)c1ccc(-n2cc3cc(C(C)(C)C)[nH]c3nc2=O)cc1. The molecule has 4 rings (SSSR count). The maximum absolute atomic E-state index is 13.7. The lowest BCUT2D eigenvalue weighted by Crippen LogP contribution is -2.24. The molecule has 262 valence electrons. The predicted octanol–water partition coefficient (Wildman–Crippen LogP) is 6.26. The standard InChI is InChI=1S/C22H31N7O.C15H23F2N/c1-14(25-10-5-11-26-20(23)24)15-6-8-17(9-7-15)29-13-16-12-18(22(2,3)4)27-19(16)28-21(29)30;1-10(18)6-5-7-11-8-12(15(2,3)4)14(17)13(16)9-11/h6-9,12-14,25H,5,10-11H2,1-4H3,(H4,23,24,26)(H,27,28,30);8-10H,5-7,18H2,1-4H3/t14-;10-/m00/s1. The van der Waals surface area contributed by atoms with Gasteiger partial charge in [0, 0.05) is 41.3 Å². The normalized spacial score (nSPS) is 13.1. The number of nitrogens with two attached hydrogens (primary N) is 3. The molecule has 0 aliphatic carbocycles. The molecule has 0 bridgehead atoms. The van der Waals surface area contributed by atoms with Crippen LogP contribution in [0.3, 0.4) is 0 Å². The second-order valence-corrected chi connectivity index (χ2v) is 14.6. The molecule has 0 radical (unpaired) electrons. The quantitative estimate of drug-likeness (QED) is 0.0725. The number of hydrogen-bond donors (Lipinski definition) is 5. The Hall–Kier alpha value is -4.09. The number of aryl methyl sites for hydroxylation is 1. The number of H-pyrrole nitrogens is 1. The van der Waals surface area contributed by atoms with Crippen LogP contribution in [0, 0.1) is 11.6 Å². The predicted molar refractivity (Wildman–Crippen MR) is 194 cm³/mol. The van der Waals surface area contributed by atoms with E-state index in [1.807, 2.05) is 58.2 Å². The van der Waals surface area contributed by atoms with E-state index >= 15 is 0 Å². The largest absolute Gasteiger partial charge is 0.370 e. The molecule has 0 spiro atoms. The van der Waals surface area contributed by atoms with E-state index in [2.05, 4.69) is 54.0 Å². The van der Waals surface area contributed by atoms with Crippen molar-refractivity contribution in [1.82, 2.24) is 19.9 Å². The first kappa shape index (κ1) is 38.4. The van der Waals surface area contributed by atoms with Gasteiger partial charge in [0.05, 0.1) is 5.69 Å². The van der Waals surface area contributed by atoms with Gasteiger partial charge in [0.2, 0.25) is 0 Å². The average Bonchev–Trinajstić information content (AvgIpc) is 3.41. The van der Waals surface area contributed by atoms with Crippen molar-refractivity contribution >= 4 is 17.0 Å². The molecule has 2 aromatic heterocycles. The Bertz CT molecular complexity index is 1720. The van der Waals surface area contributed by atoms with Crippen LogP contribution in [0.15, 0.2) is 58.4 Å². The summed E-state index contributed by atoms with van der Waals surface area (Å²) in [5, 5.41) is 4.36. The number of nitrogens with zero attached hydrogens (tertiary/aromatic N) is 3. The third kappa shape index (κ3) is 11.0. The van der Waals surface area contributed by atoms with Gasteiger partial charge < -0.3 is 27.5 Å². The minimum atomic E-state index is -0.752. The second kappa shape index (κ2) is 16.3. The van der Waals surface area contributed by atoms with Crippen LogP contribution < -0.4 is 28.2 Å². The fraction of sp³-hybridized carbons (Fsp3) is 0.486. The number of guanidine groups is 1. The third-order valence-electron chi connectivity index (χ3n) is 8.09. The number of hydrogen-bond acceptors (Lipinski definition) is 5. The molecule has 0 unspecified atom stereocenters. The van der Waals surface area contributed by atoms with E-state index in [1.165, 1.54) is 6.07 Å². The number of benzene rings is 2. The summed E-state index contributed by atoms with van der Waals surface area (Å²) in [6, 6.07) is 13.4. The van der Waals surface area contributed by atoms with E-state index in [1.54, 1.807) is 10.6 Å². The van der Waals surface area contributed by atoms with Crippen LogP contribution in [0.5, 0.6) is 0 Å². The summed E-state index contributed by atoms with van der Waals surface area (Å²) in [5.74, 6) is -1.35. The van der Waals surface area contributed by atoms with Gasteiger partial charge in [0.25, 0.3) is 0 Å². The van der Waals surface area contributed by atoms with Crippen molar-refractivity contribution in [1.29, 1.82) is 0 Å². The molecule has 0 saturated heterocycles. The van der Waals surface area contributed by atoms with E-state index in [4.69, 9.17) is 17.2 Å². The summed E-state index contributed by atoms with van der Waals surface area (Å²) < 4.78 is 28.9. The molecule has 8 N–H and O–H groups in total. The van der Waals surface area contributed by atoms with Gasteiger partial charge in [-0.3, -0.25) is 9.56 Å². The monoisotopic (exact) mass is 664 g/mol. The molecule has 0 amide bonds. The van der Waals surface area contributed by atoms with Gasteiger partial charge in [0.15, 0.2) is 17.6 Å². The van der Waals surface area contributed by atoms with Crippen molar-refractivity contribution in [2.24, 2.45) is 22.2 Å². The maximum atomic E-state index is 13.7. The van der Waals surface area contributed by atoms with Gasteiger partial charge >= 0.3 is 5.69 Å². The Morgan fingerprint density at radius 1 is 1.00 bits per heavy atom. The van der Waals surface area contributed by atoms with Crippen LogP contribution >= 0.6 is 0 Å². The van der Waals surface area contributed by atoms with Gasteiger partial charge in [-0.05, 0) is 92.4 Å².